The van der Waals surface area contributed by atoms with Gasteiger partial charge in [0, 0.05) is 13.5 Å². The number of ether oxygens (including phenoxy) is 10. The van der Waals surface area contributed by atoms with Gasteiger partial charge >= 0.3 is 84.5 Å². The van der Waals surface area contributed by atoms with Crippen LogP contribution in [0, 0.1) is 0 Å². The van der Waals surface area contributed by atoms with Gasteiger partial charge in [0.1, 0.15) is 104 Å². The first-order valence-electron chi connectivity index (χ1n) is 23.4. The topological polar surface area (TPSA) is 788 Å². The fraction of sp³-hybridized carbons (Fsp3) is 0.935. The molecule has 0 saturated carbocycles. The Hall–Kier alpha value is -2.70. The van der Waals surface area contributed by atoms with Gasteiger partial charge < -0.3 is 87.7 Å². The van der Waals surface area contributed by atoms with Crippen LogP contribution in [0.1, 0.15) is 6.42 Å². The van der Waals surface area contributed by atoms with Crippen molar-refractivity contribution in [2.75, 3.05) is 26.9 Å². The molecule has 5 aliphatic heterocycles. The second kappa shape index (κ2) is 29.7. The Balaban J connectivity index is 1.58. The summed E-state index contributed by atoms with van der Waals surface area (Å²) in [6.07, 6.45) is -59.5. The van der Waals surface area contributed by atoms with Gasteiger partial charge in [-0.15, -0.1) is 0 Å². The zero-order valence-corrected chi connectivity index (χ0v) is 50.1. The number of hydrogen-bond acceptors (Lipinski definition) is 39. The number of aliphatic hydroxyl groups is 5. The zero-order valence-electron chi connectivity index (χ0n) is 43.6. The average Bonchev–Trinajstić information content (AvgIpc) is 0.792. The van der Waals surface area contributed by atoms with Gasteiger partial charge in [-0.2, -0.15) is 68.4 Å². The van der Waals surface area contributed by atoms with E-state index in [2.05, 4.69) is 20.9 Å². The molecule has 5 fully saturated rings. The molecule has 0 amide bonds. The summed E-state index contributed by atoms with van der Waals surface area (Å²) in [5.74, 6) is -4.73. The lowest BCUT2D eigenvalue weighted by molar-refractivity contribution is -0.367. The molecule has 90 heavy (non-hydrogen) atoms. The Morgan fingerprint density at radius 2 is 0.844 bits per heavy atom. The number of carbonyl (C=O) groups is 2. The minimum Gasteiger partial charge on any atom is -0.735 e. The lowest BCUT2D eigenvalue weighted by Gasteiger charge is -2.50. The number of hydrogen-bond donors (Lipinski definition) is 17. The highest BCUT2D eigenvalue weighted by molar-refractivity contribution is 7.84. The van der Waals surface area contributed by atoms with Crippen molar-refractivity contribution >= 4 is 94.8 Å². The Labute approximate surface area is 504 Å². The van der Waals surface area contributed by atoms with Gasteiger partial charge in [-0.05, 0) is 0 Å². The van der Waals surface area contributed by atoms with E-state index < -0.39 is 268 Å². The summed E-state index contributed by atoms with van der Waals surface area (Å²) < 4.78 is 349. The standard InChI is InChI=1S/C31H53N3O48S8/c1-68-28-12(33-84(47,48)49)16(37)19(9(74-28)4-70-87(56,57)58)76-27-7(81-89(62,63)64)2-6(21(78-27)25(40)41)72-30-13(34-85(50,51)52)22(82-90(65,66)67)20(10(75-30)5-71-88(59,60)61)77-31-18(39)17(38)23(24(80-31)26(42)43)79-29-11(32-83(44,45)46)15(36)14(35)8(73-29)3-69-86(53,54)55/h6-24,27-39H,2-5H2,1H3,(H,40,41)(H,42,43)(H,44,45,46)(H,47,48,49)(H,50,51,52)(H,53,54,55)(H,56,57,58)(H,59,60,61)(H,62,63,64)(H,65,66,67)/p-1/t6-,7+,8+,9+,10+,11+,12+,13+,14+,15+,16+,17+,18+,19+,20+,21+,22+,23-,24-,27+,28-,29+,30-,31+/m0/s1. The fourth-order valence-electron chi connectivity index (χ4n) is 8.95. The lowest BCUT2D eigenvalue weighted by atomic mass is 9.94. The number of carboxylic acids is 2. The van der Waals surface area contributed by atoms with Crippen LogP contribution < -0.4 is 14.2 Å². The molecule has 0 aromatic rings. The molecule has 0 aromatic carbocycles. The predicted molar refractivity (Wildman–Crippen MR) is 259 cm³/mol. The van der Waals surface area contributed by atoms with E-state index in [9.17, 15) is 145 Å². The van der Waals surface area contributed by atoms with Gasteiger partial charge in [-0.3, -0.25) is 31.9 Å². The Bertz CT molecular complexity index is 3450. The first kappa shape index (κ1) is 78.0. The number of nitrogens with one attached hydrogen (secondary N) is 3. The van der Waals surface area contributed by atoms with E-state index in [1.807, 2.05) is 0 Å². The number of methoxy groups -OCH3 is 1. The highest BCUT2D eigenvalue weighted by atomic mass is 32.3. The predicted octanol–water partition coefficient (Wildman–Crippen LogP) is -13.1. The molecule has 528 valence electrons. The molecule has 0 radical (unpaired) electrons. The molecule has 0 bridgehead atoms. The van der Waals surface area contributed by atoms with Crippen molar-refractivity contribution in [3.8, 4) is 0 Å². The van der Waals surface area contributed by atoms with Crippen LogP contribution >= 0.6 is 0 Å². The summed E-state index contributed by atoms with van der Waals surface area (Å²) in [4.78, 5) is 25.7. The van der Waals surface area contributed by atoms with Crippen LogP contribution in [0.25, 0.3) is 0 Å². The molecule has 0 unspecified atom stereocenters. The van der Waals surface area contributed by atoms with Crippen LogP contribution in [0.2, 0.25) is 0 Å². The van der Waals surface area contributed by atoms with Crippen molar-refractivity contribution in [1.82, 2.24) is 14.2 Å². The first-order valence-corrected chi connectivity index (χ1v) is 34.5. The molecule has 17 N–H and O–H groups in total. The van der Waals surface area contributed by atoms with Gasteiger partial charge in [0.2, 0.25) is 0 Å². The van der Waals surface area contributed by atoms with Crippen molar-refractivity contribution in [2.24, 2.45) is 0 Å². The van der Waals surface area contributed by atoms with Crippen LogP contribution in [0.5, 0.6) is 0 Å². The summed E-state index contributed by atoms with van der Waals surface area (Å²) in [5, 5.41) is 76.0. The van der Waals surface area contributed by atoms with Gasteiger partial charge in [0.05, 0.1) is 19.8 Å². The molecule has 0 spiro atoms. The molecule has 0 aliphatic carbocycles. The van der Waals surface area contributed by atoms with Gasteiger partial charge in [-0.1, -0.05) is 0 Å². The summed E-state index contributed by atoms with van der Waals surface area (Å²) in [5.41, 5.74) is 0. The summed E-state index contributed by atoms with van der Waals surface area (Å²) in [7, 11) is -45.6. The van der Waals surface area contributed by atoms with Crippen LogP contribution in [-0.4, -0.2) is 326 Å². The van der Waals surface area contributed by atoms with Crippen molar-refractivity contribution < 1.29 is 217 Å². The lowest BCUT2D eigenvalue weighted by Crippen LogP contribution is -2.70. The maximum Gasteiger partial charge on any atom is 0.397 e. The first-order chi connectivity index (χ1) is 40.7. The van der Waals surface area contributed by atoms with E-state index in [0.29, 0.717) is 0 Å². The number of aliphatic carboxylic acids is 2. The Morgan fingerprint density at radius 1 is 0.422 bits per heavy atom. The molecular weight excluding hydrogens is 1440 g/mol. The summed E-state index contributed by atoms with van der Waals surface area (Å²) in [6, 6.07) is -8.03. The van der Waals surface area contributed by atoms with E-state index in [0.717, 1.165) is 7.11 Å². The van der Waals surface area contributed by atoms with E-state index in [4.69, 9.17) is 51.9 Å². The highest BCUT2D eigenvalue weighted by Gasteiger charge is 2.60. The Kier molecular flexibility index (Phi) is 25.8. The monoisotopic (exact) mass is 1490 g/mol. The second-order valence-corrected chi connectivity index (χ2v) is 27.5. The molecule has 5 saturated heterocycles. The third-order valence-electron chi connectivity index (χ3n) is 12.3. The highest BCUT2D eigenvalue weighted by Crippen LogP contribution is 2.38. The largest absolute Gasteiger partial charge is 0.735 e. The summed E-state index contributed by atoms with van der Waals surface area (Å²) >= 11 is 0. The SMILES string of the molecule is CO[C@H]1O[C@H](COS(=O)(=O)O)[C@@H](O[C@@H]2O[C@@H](C(=O)O)[C@@H](O[C@H]3O[C@H](COS(=O)(=O)O)[C@@H](O[C@@H]4O[C@H](C(=O)O)[C@@H](O[C@H]5O[C@H](COS(=O)(=O)O)[C@@H](O)[C@H](O)[C@H]5NS(=O)(=O)O)[C@H](O)[C@H]4O)[C@H](OS(=O)(=O)O)[C@H]3NS(=O)(=O)O)C[C@H]2OS(=O)(=O)O)[C@H](O)[C@H]1NS(=O)(=O)[O-]. The fourth-order valence-corrected chi connectivity index (χ4v) is 12.6. The molecule has 24 atom stereocenters. The molecule has 5 heterocycles. The second-order valence-electron chi connectivity index (χ2n) is 18.6. The number of rotatable bonds is 30. The normalized spacial score (nSPS) is 38.1. The third kappa shape index (κ3) is 23.0. The van der Waals surface area contributed by atoms with Crippen molar-refractivity contribution in [3.63, 3.8) is 0 Å². The van der Waals surface area contributed by atoms with E-state index >= 15 is 0 Å². The van der Waals surface area contributed by atoms with Crippen LogP contribution in [0.4, 0.5) is 0 Å². The molecule has 0 aromatic heterocycles. The van der Waals surface area contributed by atoms with Crippen LogP contribution in [-0.2, 0) is 161 Å². The minimum absolute atomic E-state index is 0.746. The van der Waals surface area contributed by atoms with E-state index in [-0.39, 0.29) is 0 Å². The van der Waals surface area contributed by atoms with Gasteiger partial charge in [0.25, 0.3) is 0 Å². The third-order valence-corrected chi connectivity index (χ3v) is 16.3. The molecule has 5 aliphatic rings. The molecule has 5 rings (SSSR count). The van der Waals surface area contributed by atoms with Crippen molar-refractivity contribution in [3.05, 3.63) is 0 Å². The molecule has 59 heteroatoms. The van der Waals surface area contributed by atoms with Gasteiger partial charge in [-0.25, -0.2) is 43.6 Å². The number of aliphatic hydroxyl groups excluding tert-OH is 5. The maximum atomic E-state index is 13.0. The summed E-state index contributed by atoms with van der Waals surface area (Å²) in [6.45, 7) is -4.93. The Morgan fingerprint density at radius 3 is 1.31 bits per heavy atom. The minimum atomic E-state index is -6.30. The van der Waals surface area contributed by atoms with Crippen molar-refractivity contribution in [2.45, 2.75) is 154 Å². The van der Waals surface area contributed by atoms with E-state index in [1.165, 1.54) is 14.2 Å². The quantitative estimate of drug-likeness (QED) is 0.0297. The van der Waals surface area contributed by atoms with Crippen molar-refractivity contribution in [1.29, 1.82) is 0 Å². The van der Waals surface area contributed by atoms with Crippen LogP contribution in [0.15, 0.2) is 0 Å². The molecule has 51 nitrogen and oxygen atoms in total. The zero-order chi connectivity index (χ0) is 68.6. The van der Waals surface area contributed by atoms with E-state index in [1.54, 1.807) is 0 Å². The maximum absolute atomic E-state index is 13.0. The average molecular weight is 1490 g/mol. The number of carboxylic acid groups (broad SMARTS) is 2. The van der Waals surface area contributed by atoms with Crippen LogP contribution in [0.3, 0.4) is 0 Å². The molecular formula is C31H52N3O48S8-. The van der Waals surface area contributed by atoms with Gasteiger partial charge in [0.15, 0.2) is 54.0 Å². The smallest absolute Gasteiger partial charge is 0.397 e.